The monoisotopic (exact) mass is 347 g/mol. The van der Waals surface area contributed by atoms with E-state index in [1.165, 1.54) is 0 Å². The van der Waals surface area contributed by atoms with Crippen molar-refractivity contribution in [2.24, 2.45) is 0 Å². The Kier molecular flexibility index (Phi) is 3.98. The van der Waals surface area contributed by atoms with Crippen LogP contribution >= 0.6 is 23.1 Å². The lowest BCUT2D eigenvalue weighted by Crippen LogP contribution is -2.40. The van der Waals surface area contributed by atoms with Crippen molar-refractivity contribution in [3.05, 3.63) is 29.3 Å². The highest BCUT2D eigenvalue weighted by atomic mass is 32.2. The van der Waals surface area contributed by atoms with Gasteiger partial charge in [-0.15, -0.1) is 23.1 Å². The van der Waals surface area contributed by atoms with Gasteiger partial charge in [-0.2, -0.15) is 0 Å². The molecule has 3 heterocycles. The van der Waals surface area contributed by atoms with Crippen molar-refractivity contribution in [1.29, 1.82) is 0 Å². The van der Waals surface area contributed by atoms with Gasteiger partial charge in [0.15, 0.2) is 0 Å². The Labute approximate surface area is 142 Å². The number of carbonyl (C=O) groups is 2. The van der Waals surface area contributed by atoms with Gasteiger partial charge >= 0.3 is 0 Å². The number of likely N-dealkylation sites (tertiary alicyclic amines) is 1. The Hall–Kier alpha value is -1.60. The Balaban J connectivity index is 1.53. The third-order valence-corrected chi connectivity index (χ3v) is 6.40. The highest BCUT2D eigenvalue weighted by Gasteiger charge is 2.34. The number of para-hydroxylation sites is 1. The zero-order valence-corrected chi connectivity index (χ0v) is 14.2. The maximum absolute atomic E-state index is 12.6. The van der Waals surface area contributed by atoms with Crippen LogP contribution in [0.3, 0.4) is 0 Å². The van der Waals surface area contributed by atoms with E-state index in [0.29, 0.717) is 11.6 Å². The van der Waals surface area contributed by atoms with Crippen LogP contribution in [0.25, 0.3) is 10.2 Å². The number of rotatable bonds is 3. The summed E-state index contributed by atoms with van der Waals surface area (Å²) in [6.45, 7) is 0.960. The number of amides is 2. The first-order valence-corrected chi connectivity index (χ1v) is 9.70. The predicted octanol–water partition coefficient (Wildman–Crippen LogP) is 2.49. The normalized spacial score (nSPS) is 21.6. The predicted molar refractivity (Wildman–Crippen MR) is 92.3 cm³/mol. The molecule has 1 aromatic carbocycles. The van der Waals surface area contributed by atoms with Gasteiger partial charge < -0.3 is 9.80 Å². The van der Waals surface area contributed by atoms with E-state index in [-0.39, 0.29) is 24.4 Å². The molecular weight excluding hydrogens is 330 g/mol. The molecule has 0 spiro atoms. The van der Waals surface area contributed by atoms with Crippen molar-refractivity contribution >= 4 is 45.1 Å². The molecule has 2 saturated heterocycles. The van der Waals surface area contributed by atoms with E-state index < -0.39 is 0 Å². The van der Waals surface area contributed by atoms with Crippen molar-refractivity contribution in [2.75, 3.05) is 24.7 Å². The van der Waals surface area contributed by atoms with Gasteiger partial charge in [0.2, 0.25) is 11.8 Å². The van der Waals surface area contributed by atoms with Gasteiger partial charge in [-0.1, -0.05) is 12.1 Å². The maximum atomic E-state index is 12.6. The summed E-state index contributed by atoms with van der Waals surface area (Å²) in [4.78, 5) is 32.6. The molecule has 2 amide bonds. The molecule has 7 heteroatoms. The molecule has 0 saturated carbocycles. The van der Waals surface area contributed by atoms with Gasteiger partial charge in [0.25, 0.3) is 0 Å². The minimum atomic E-state index is 0.0441. The SMILES string of the molecule is O=C1CSCN1CC(=O)N1CCC[C@@H]1c1nc2ccccc2s1. The van der Waals surface area contributed by atoms with Crippen LogP contribution in [0.2, 0.25) is 0 Å². The van der Waals surface area contributed by atoms with E-state index in [4.69, 9.17) is 4.98 Å². The molecule has 23 heavy (non-hydrogen) atoms. The number of hydrogen-bond acceptors (Lipinski definition) is 5. The highest BCUT2D eigenvalue weighted by Crippen LogP contribution is 2.36. The zero-order valence-electron chi connectivity index (χ0n) is 12.6. The first-order chi connectivity index (χ1) is 11.2. The molecule has 120 valence electrons. The van der Waals surface area contributed by atoms with Crippen LogP contribution in [0.5, 0.6) is 0 Å². The fourth-order valence-corrected chi connectivity index (χ4v) is 5.17. The molecule has 0 bridgehead atoms. The van der Waals surface area contributed by atoms with Crippen molar-refractivity contribution in [2.45, 2.75) is 18.9 Å². The van der Waals surface area contributed by atoms with Crippen LogP contribution in [0, 0.1) is 0 Å². The zero-order chi connectivity index (χ0) is 15.8. The largest absolute Gasteiger partial charge is 0.332 e. The standard InChI is InChI=1S/C16H17N3O2S2/c20-14(8-18-10-22-9-15(18)21)19-7-3-5-12(19)16-17-11-4-1-2-6-13(11)23-16/h1-2,4,6,12H,3,5,7-10H2/t12-/m1/s1. The Morgan fingerprint density at radius 1 is 1.35 bits per heavy atom. The summed E-state index contributed by atoms with van der Waals surface area (Å²) in [7, 11) is 0. The lowest BCUT2D eigenvalue weighted by molar-refractivity contribution is -0.138. The Morgan fingerprint density at radius 3 is 3.00 bits per heavy atom. The number of thioether (sulfide) groups is 1. The topological polar surface area (TPSA) is 53.5 Å². The fourth-order valence-electron chi connectivity index (χ4n) is 3.15. The first kappa shape index (κ1) is 15.0. The second-order valence-electron chi connectivity index (χ2n) is 5.83. The second-order valence-corrected chi connectivity index (χ2v) is 7.85. The van der Waals surface area contributed by atoms with Gasteiger partial charge in [-0.05, 0) is 25.0 Å². The van der Waals surface area contributed by atoms with Crippen LogP contribution in [0.1, 0.15) is 23.9 Å². The number of benzene rings is 1. The molecule has 1 atom stereocenters. The minimum absolute atomic E-state index is 0.0441. The number of hydrogen-bond donors (Lipinski definition) is 0. The summed E-state index contributed by atoms with van der Waals surface area (Å²) in [5.41, 5.74) is 0.998. The molecule has 2 aromatic rings. The average Bonchev–Trinajstić information content (AvgIpc) is 3.26. The van der Waals surface area contributed by atoms with Crippen molar-refractivity contribution < 1.29 is 9.59 Å². The molecule has 5 nitrogen and oxygen atoms in total. The lowest BCUT2D eigenvalue weighted by Gasteiger charge is -2.25. The van der Waals surface area contributed by atoms with Gasteiger partial charge in [0, 0.05) is 6.54 Å². The molecular formula is C16H17N3O2S2. The molecule has 1 aromatic heterocycles. The van der Waals surface area contributed by atoms with Gasteiger partial charge in [-0.3, -0.25) is 9.59 Å². The van der Waals surface area contributed by atoms with Crippen molar-refractivity contribution in [1.82, 2.24) is 14.8 Å². The molecule has 0 aliphatic carbocycles. The maximum Gasteiger partial charge on any atom is 0.242 e. The summed E-state index contributed by atoms with van der Waals surface area (Å²) in [5.74, 6) is 1.24. The molecule has 2 fully saturated rings. The number of nitrogens with zero attached hydrogens (tertiary/aromatic N) is 3. The van der Waals surface area contributed by atoms with Crippen molar-refractivity contribution in [3.63, 3.8) is 0 Å². The number of thiazole rings is 1. The molecule has 0 radical (unpaired) electrons. The van der Waals surface area contributed by atoms with Gasteiger partial charge in [0.1, 0.15) is 11.6 Å². The molecule has 0 N–H and O–H groups in total. The lowest BCUT2D eigenvalue weighted by atomic mass is 10.2. The third kappa shape index (κ3) is 2.83. The Bertz CT molecular complexity index is 728. The summed E-state index contributed by atoms with van der Waals surface area (Å²) < 4.78 is 1.16. The second kappa shape index (κ2) is 6.13. The molecule has 0 unspecified atom stereocenters. The fraction of sp³-hybridized carbons (Fsp3) is 0.438. The van der Waals surface area contributed by atoms with Crippen LogP contribution in [-0.4, -0.2) is 51.3 Å². The summed E-state index contributed by atoms with van der Waals surface area (Å²) in [5, 5.41) is 1.01. The van der Waals surface area contributed by atoms with Crippen molar-refractivity contribution in [3.8, 4) is 0 Å². The molecule has 2 aliphatic rings. The van der Waals surface area contributed by atoms with E-state index in [9.17, 15) is 9.59 Å². The molecule has 2 aliphatic heterocycles. The third-order valence-electron chi connectivity index (χ3n) is 4.32. The van der Waals surface area contributed by atoms with Crippen LogP contribution < -0.4 is 0 Å². The number of aromatic nitrogens is 1. The van der Waals surface area contributed by atoms with E-state index >= 15 is 0 Å². The summed E-state index contributed by atoms with van der Waals surface area (Å²) in [6.07, 6.45) is 1.95. The van der Waals surface area contributed by atoms with E-state index in [1.807, 2.05) is 23.1 Å². The first-order valence-electron chi connectivity index (χ1n) is 7.73. The Morgan fingerprint density at radius 2 is 2.22 bits per heavy atom. The van der Waals surface area contributed by atoms with Crippen LogP contribution in [0.4, 0.5) is 0 Å². The molecule has 4 rings (SSSR count). The quantitative estimate of drug-likeness (QED) is 0.856. The van der Waals surface area contributed by atoms with Crippen LogP contribution in [-0.2, 0) is 9.59 Å². The minimum Gasteiger partial charge on any atom is -0.332 e. The number of carbonyl (C=O) groups excluding carboxylic acids is 2. The highest BCUT2D eigenvalue weighted by molar-refractivity contribution is 8.00. The summed E-state index contributed by atoms with van der Waals surface area (Å²) >= 11 is 3.24. The van der Waals surface area contributed by atoms with E-state index in [0.717, 1.165) is 34.6 Å². The summed E-state index contributed by atoms with van der Waals surface area (Å²) in [6, 6.07) is 8.14. The van der Waals surface area contributed by atoms with Crippen LogP contribution in [0.15, 0.2) is 24.3 Å². The van der Waals surface area contributed by atoms with Gasteiger partial charge in [-0.25, -0.2) is 4.98 Å². The van der Waals surface area contributed by atoms with E-state index in [1.54, 1.807) is 28.0 Å². The van der Waals surface area contributed by atoms with Gasteiger partial charge in [0.05, 0.1) is 27.9 Å². The number of fused-ring (bicyclic) bond motifs is 1. The smallest absolute Gasteiger partial charge is 0.242 e. The van der Waals surface area contributed by atoms with E-state index in [2.05, 4.69) is 6.07 Å². The average molecular weight is 347 g/mol.